The SMILES string of the molecule is CCC1c2ccccc2CCN1C(=O)C(C)c1ccc2c(c1)OCCO2. The van der Waals surface area contributed by atoms with E-state index in [0.717, 1.165) is 36.4 Å². The van der Waals surface area contributed by atoms with Crippen molar-refractivity contribution in [2.45, 2.75) is 38.6 Å². The zero-order valence-corrected chi connectivity index (χ0v) is 15.4. The quantitative estimate of drug-likeness (QED) is 0.836. The molecule has 0 saturated heterocycles. The number of ether oxygens (including phenoxy) is 2. The predicted octanol–water partition coefficient (Wildman–Crippen LogP) is 4.10. The zero-order chi connectivity index (χ0) is 18.1. The van der Waals surface area contributed by atoms with E-state index in [1.54, 1.807) is 0 Å². The molecule has 1 amide bonds. The van der Waals surface area contributed by atoms with Gasteiger partial charge in [0.1, 0.15) is 13.2 Å². The Hall–Kier alpha value is -2.49. The number of nitrogens with zero attached hydrogens (tertiary/aromatic N) is 1. The van der Waals surface area contributed by atoms with Crippen molar-refractivity contribution in [3.8, 4) is 11.5 Å². The van der Waals surface area contributed by atoms with Crippen molar-refractivity contribution in [2.75, 3.05) is 19.8 Å². The molecule has 2 unspecified atom stereocenters. The summed E-state index contributed by atoms with van der Waals surface area (Å²) in [5.74, 6) is 1.48. The van der Waals surface area contributed by atoms with E-state index in [0.29, 0.717) is 13.2 Å². The van der Waals surface area contributed by atoms with Crippen LogP contribution in [0.4, 0.5) is 0 Å². The van der Waals surface area contributed by atoms with Crippen molar-refractivity contribution in [3.05, 3.63) is 59.2 Å². The lowest BCUT2D eigenvalue weighted by molar-refractivity contribution is -0.135. The van der Waals surface area contributed by atoms with Crippen molar-refractivity contribution >= 4 is 5.91 Å². The summed E-state index contributed by atoms with van der Waals surface area (Å²) < 4.78 is 11.3. The van der Waals surface area contributed by atoms with Gasteiger partial charge >= 0.3 is 0 Å². The molecule has 0 spiro atoms. The molecule has 2 aliphatic rings. The van der Waals surface area contributed by atoms with E-state index in [4.69, 9.17) is 9.47 Å². The van der Waals surface area contributed by atoms with E-state index < -0.39 is 0 Å². The van der Waals surface area contributed by atoms with Crippen molar-refractivity contribution in [3.63, 3.8) is 0 Å². The van der Waals surface area contributed by atoms with Crippen molar-refractivity contribution < 1.29 is 14.3 Å². The molecule has 0 radical (unpaired) electrons. The number of amides is 1. The molecule has 0 aliphatic carbocycles. The van der Waals surface area contributed by atoms with E-state index in [2.05, 4.69) is 36.1 Å². The number of rotatable bonds is 3. The van der Waals surface area contributed by atoms with Gasteiger partial charge in [0, 0.05) is 6.54 Å². The van der Waals surface area contributed by atoms with Crippen LogP contribution in [0.15, 0.2) is 42.5 Å². The van der Waals surface area contributed by atoms with Crippen molar-refractivity contribution in [1.82, 2.24) is 4.90 Å². The minimum absolute atomic E-state index is 0.159. The highest BCUT2D eigenvalue weighted by Gasteiger charge is 2.32. The second-order valence-electron chi connectivity index (χ2n) is 7.03. The summed E-state index contributed by atoms with van der Waals surface area (Å²) in [6, 6.07) is 14.5. The van der Waals surface area contributed by atoms with Crippen LogP contribution in [0.2, 0.25) is 0 Å². The first-order chi connectivity index (χ1) is 12.7. The van der Waals surface area contributed by atoms with E-state index >= 15 is 0 Å². The highest BCUT2D eigenvalue weighted by Crippen LogP contribution is 2.37. The zero-order valence-electron chi connectivity index (χ0n) is 15.4. The maximum Gasteiger partial charge on any atom is 0.230 e. The van der Waals surface area contributed by atoms with Crippen LogP contribution >= 0.6 is 0 Å². The van der Waals surface area contributed by atoms with Gasteiger partial charge in [0.05, 0.1) is 12.0 Å². The molecule has 4 rings (SSSR count). The van der Waals surface area contributed by atoms with Crippen LogP contribution in [-0.2, 0) is 11.2 Å². The first-order valence-electron chi connectivity index (χ1n) is 9.47. The molecule has 26 heavy (non-hydrogen) atoms. The number of fused-ring (bicyclic) bond motifs is 2. The van der Waals surface area contributed by atoms with Gasteiger partial charge in [-0.15, -0.1) is 0 Å². The van der Waals surface area contributed by atoms with E-state index in [1.165, 1.54) is 11.1 Å². The monoisotopic (exact) mass is 351 g/mol. The maximum absolute atomic E-state index is 13.3. The highest BCUT2D eigenvalue weighted by atomic mass is 16.6. The number of hydrogen-bond donors (Lipinski definition) is 0. The molecule has 2 aromatic rings. The molecule has 136 valence electrons. The first-order valence-corrected chi connectivity index (χ1v) is 9.47. The van der Waals surface area contributed by atoms with Crippen LogP contribution in [-0.4, -0.2) is 30.6 Å². The van der Waals surface area contributed by atoms with Gasteiger partial charge in [-0.3, -0.25) is 4.79 Å². The number of carbonyl (C=O) groups is 1. The van der Waals surface area contributed by atoms with Crippen molar-refractivity contribution in [1.29, 1.82) is 0 Å². The molecule has 0 aromatic heterocycles. The summed E-state index contributed by atoms with van der Waals surface area (Å²) in [6.07, 6.45) is 1.85. The van der Waals surface area contributed by atoms with Gasteiger partial charge in [0.2, 0.25) is 5.91 Å². The number of carbonyl (C=O) groups excluding carboxylic acids is 1. The van der Waals surface area contributed by atoms with Crippen LogP contribution in [0, 0.1) is 0 Å². The fraction of sp³-hybridized carbons (Fsp3) is 0.409. The molecule has 0 saturated carbocycles. The Bertz CT molecular complexity index is 817. The Morgan fingerprint density at radius 3 is 2.73 bits per heavy atom. The average molecular weight is 351 g/mol. The average Bonchev–Trinajstić information content (AvgIpc) is 2.71. The summed E-state index contributed by atoms with van der Waals surface area (Å²) in [7, 11) is 0. The molecule has 4 heteroatoms. The molecule has 0 fully saturated rings. The lowest BCUT2D eigenvalue weighted by atomic mass is 9.89. The Morgan fingerprint density at radius 2 is 1.92 bits per heavy atom. The van der Waals surface area contributed by atoms with Gasteiger partial charge < -0.3 is 14.4 Å². The summed E-state index contributed by atoms with van der Waals surface area (Å²) in [6.45, 7) is 6.05. The number of hydrogen-bond acceptors (Lipinski definition) is 3. The Kier molecular flexibility index (Phi) is 4.58. The standard InChI is InChI=1S/C22H25NO3/c1-3-19-18-7-5-4-6-16(18)10-11-23(19)22(24)15(2)17-8-9-20-21(14-17)26-13-12-25-20/h4-9,14-15,19H,3,10-13H2,1-2H3. The molecule has 4 nitrogen and oxygen atoms in total. The van der Waals surface area contributed by atoms with Crippen LogP contribution in [0.1, 0.15) is 48.9 Å². The van der Waals surface area contributed by atoms with Crippen molar-refractivity contribution in [2.24, 2.45) is 0 Å². The smallest absolute Gasteiger partial charge is 0.230 e. The fourth-order valence-corrected chi connectivity index (χ4v) is 4.08. The summed E-state index contributed by atoms with van der Waals surface area (Å²) in [4.78, 5) is 15.4. The first kappa shape index (κ1) is 17.0. The lowest BCUT2D eigenvalue weighted by Crippen LogP contribution is -2.41. The predicted molar refractivity (Wildman–Crippen MR) is 101 cm³/mol. The van der Waals surface area contributed by atoms with E-state index in [1.807, 2.05) is 25.1 Å². The van der Waals surface area contributed by atoms with E-state index in [9.17, 15) is 4.79 Å². The minimum atomic E-state index is -0.204. The molecular weight excluding hydrogens is 326 g/mol. The largest absolute Gasteiger partial charge is 0.486 e. The molecule has 0 N–H and O–H groups in total. The van der Waals surface area contributed by atoms with Gasteiger partial charge in [-0.05, 0) is 48.6 Å². The Labute approximate surface area is 154 Å². The van der Waals surface area contributed by atoms with Gasteiger partial charge in [-0.2, -0.15) is 0 Å². The lowest BCUT2D eigenvalue weighted by Gasteiger charge is -2.38. The molecular formula is C22H25NO3. The molecule has 2 heterocycles. The molecule has 2 aliphatic heterocycles. The molecule has 2 aromatic carbocycles. The summed E-state index contributed by atoms with van der Waals surface area (Å²) in [5, 5.41) is 0. The minimum Gasteiger partial charge on any atom is -0.486 e. The van der Waals surface area contributed by atoms with Gasteiger partial charge in [-0.25, -0.2) is 0 Å². The second kappa shape index (κ2) is 7.02. The Morgan fingerprint density at radius 1 is 1.15 bits per heavy atom. The van der Waals surface area contributed by atoms with Gasteiger partial charge in [-0.1, -0.05) is 37.3 Å². The van der Waals surface area contributed by atoms with Crippen LogP contribution < -0.4 is 9.47 Å². The summed E-state index contributed by atoms with van der Waals surface area (Å²) in [5.41, 5.74) is 3.65. The topological polar surface area (TPSA) is 38.8 Å². The highest BCUT2D eigenvalue weighted by molar-refractivity contribution is 5.84. The maximum atomic E-state index is 13.3. The fourth-order valence-electron chi connectivity index (χ4n) is 4.08. The normalized spacial score (nSPS) is 19.6. The third-order valence-corrected chi connectivity index (χ3v) is 5.52. The van der Waals surface area contributed by atoms with Crippen LogP contribution in [0.5, 0.6) is 11.5 Å². The third-order valence-electron chi connectivity index (χ3n) is 5.52. The van der Waals surface area contributed by atoms with Crippen LogP contribution in [0.25, 0.3) is 0 Å². The van der Waals surface area contributed by atoms with Gasteiger partial charge in [0.15, 0.2) is 11.5 Å². The second-order valence-corrected chi connectivity index (χ2v) is 7.03. The van der Waals surface area contributed by atoms with Crippen LogP contribution in [0.3, 0.4) is 0 Å². The molecule has 0 bridgehead atoms. The third kappa shape index (κ3) is 2.94. The number of benzene rings is 2. The van der Waals surface area contributed by atoms with E-state index in [-0.39, 0.29) is 17.9 Å². The Balaban J connectivity index is 1.59. The van der Waals surface area contributed by atoms with Gasteiger partial charge in [0.25, 0.3) is 0 Å². The molecule has 2 atom stereocenters. The summed E-state index contributed by atoms with van der Waals surface area (Å²) >= 11 is 0.